The lowest BCUT2D eigenvalue weighted by Crippen LogP contribution is -2.41. The maximum Gasteiger partial charge on any atom is 0.337 e. The normalized spacial score (nSPS) is 24.8. The van der Waals surface area contributed by atoms with Crippen molar-refractivity contribution in [2.45, 2.75) is 12.0 Å². The summed E-state index contributed by atoms with van der Waals surface area (Å²) in [6.45, 7) is 0.401. The van der Waals surface area contributed by atoms with E-state index < -0.39 is 11.6 Å². The highest BCUT2D eigenvalue weighted by molar-refractivity contribution is 5.79. The molecular formula is C11H12FNO3. The van der Waals surface area contributed by atoms with Crippen LogP contribution in [0.3, 0.4) is 0 Å². The number of carboxylic acids is 1. The number of aliphatic hydroxyl groups is 1. The van der Waals surface area contributed by atoms with Gasteiger partial charge in [-0.15, -0.1) is 0 Å². The highest BCUT2D eigenvalue weighted by Crippen LogP contribution is 2.27. The SMILES string of the molecule is O=C(O)C1(O)CCN(c2cccc(F)c2)C1. The quantitative estimate of drug-likeness (QED) is 0.783. The van der Waals surface area contributed by atoms with Crippen LogP contribution in [0.2, 0.25) is 0 Å². The molecule has 0 bridgehead atoms. The molecule has 0 spiro atoms. The van der Waals surface area contributed by atoms with E-state index in [0.717, 1.165) is 0 Å². The molecule has 86 valence electrons. The topological polar surface area (TPSA) is 60.8 Å². The summed E-state index contributed by atoms with van der Waals surface area (Å²) >= 11 is 0. The van der Waals surface area contributed by atoms with Gasteiger partial charge in [-0.3, -0.25) is 0 Å². The van der Waals surface area contributed by atoms with Gasteiger partial charge in [0.25, 0.3) is 0 Å². The molecule has 1 aromatic carbocycles. The molecule has 1 atom stereocenters. The summed E-state index contributed by atoms with van der Waals surface area (Å²) in [6.07, 6.45) is 0.152. The predicted molar refractivity (Wildman–Crippen MR) is 55.8 cm³/mol. The third-order valence-corrected chi connectivity index (χ3v) is 2.82. The third kappa shape index (κ3) is 1.86. The predicted octanol–water partition coefficient (Wildman–Crippen LogP) is 0.851. The minimum Gasteiger partial charge on any atom is -0.479 e. The van der Waals surface area contributed by atoms with Crippen molar-refractivity contribution in [1.29, 1.82) is 0 Å². The monoisotopic (exact) mass is 225 g/mol. The molecule has 5 heteroatoms. The first-order chi connectivity index (χ1) is 7.51. The van der Waals surface area contributed by atoms with Crippen molar-refractivity contribution in [3.8, 4) is 0 Å². The Kier molecular flexibility index (Phi) is 2.55. The number of benzene rings is 1. The van der Waals surface area contributed by atoms with Gasteiger partial charge in [0.15, 0.2) is 5.60 Å². The Morgan fingerprint density at radius 3 is 2.81 bits per heavy atom. The number of aliphatic carboxylic acids is 1. The second-order valence-electron chi connectivity index (χ2n) is 3.99. The molecule has 2 rings (SSSR count). The summed E-state index contributed by atoms with van der Waals surface area (Å²) in [5.41, 5.74) is -1.12. The van der Waals surface area contributed by atoms with E-state index in [1.54, 1.807) is 17.0 Å². The Labute approximate surface area is 91.9 Å². The highest BCUT2D eigenvalue weighted by atomic mass is 19.1. The Bertz CT molecular complexity index is 423. The van der Waals surface area contributed by atoms with E-state index in [-0.39, 0.29) is 18.8 Å². The lowest BCUT2D eigenvalue weighted by atomic mass is 10.0. The zero-order chi connectivity index (χ0) is 11.8. The van der Waals surface area contributed by atoms with Crippen LogP contribution in [0.5, 0.6) is 0 Å². The van der Waals surface area contributed by atoms with Gasteiger partial charge in [0, 0.05) is 18.7 Å². The molecule has 1 unspecified atom stereocenters. The molecule has 1 fully saturated rings. The molecule has 0 saturated carbocycles. The van der Waals surface area contributed by atoms with Gasteiger partial charge in [0.05, 0.1) is 6.54 Å². The number of halogens is 1. The van der Waals surface area contributed by atoms with Crippen LogP contribution in [-0.4, -0.2) is 34.9 Å². The smallest absolute Gasteiger partial charge is 0.337 e. The Balaban J connectivity index is 2.18. The van der Waals surface area contributed by atoms with Crippen LogP contribution in [0.4, 0.5) is 10.1 Å². The van der Waals surface area contributed by atoms with Crippen molar-refractivity contribution in [3.63, 3.8) is 0 Å². The molecule has 1 aliphatic heterocycles. The summed E-state index contributed by atoms with van der Waals surface area (Å²) in [7, 11) is 0. The number of nitrogens with zero attached hydrogens (tertiary/aromatic N) is 1. The average Bonchev–Trinajstić information content (AvgIpc) is 2.62. The van der Waals surface area contributed by atoms with Crippen LogP contribution in [0, 0.1) is 5.82 Å². The summed E-state index contributed by atoms with van der Waals surface area (Å²) in [5.74, 6) is -1.60. The number of hydrogen-bond acceptors (Lipinski definition) is 3. The third-order valence-electron chi connectivity index (χ3n) is 2.82. The van der Waals surface area contributed by atoms with E-state index in [1.807, 2.05) is 0 Å². The maximum absolute atomic E-state index is 13.0. The van der Waals surface area contributed by atoms with E-state index in [4.69, 9.17) is 5.11 Å². The van der Waals surface area contributed by atoms with Crippen molar-refractivity contribution in [2.75, 3.05) is 18.0 Å². The van der Waals surface area contributed by atoms with Crippen molar-refractivity contribution in [2.24, 2.45) is 0 Å². The molecular weight excluding hydrogens is 213 g/mol. The van der Waals surface area contributed by atoms with Gasteiger partial charge in [-0.1, -0.05) is 6.07 Å². The molecule has 0 radical (unpaired) electrons. The fourth-order valence-corrected chi connectivity index (χ4v) is 1.86. The van der Waals surface area contributed by atoms with Crippen LogP contribution < -0.4 is 4.90 Å². The summed E-state index contributed by atoms with van der Waals surface area (Å²) < 4.78 is 13.0. The summed E-state index contributed by atoms with van der Waals surface area (Å²) in [5, 5.41) is 18.6. The van der Waals surface area contributed by atoms with Gasteiger partial charge in [-0.05, 0) is 18.2 Å². The van der Waals surface area contributed by atoms with Crippen LogP contribution in [0.25, 0.3) is 0 Å². The van der Waals surface area contributed by atoms with Gasteiger partial charge < -0.3 is 15.1 Å². The minimum atomic E-state index is -1.72. The van der Waals surface area contributed by atoms with E-state index in [1.165, 1.54) is 12.1 Å². The zero-order valence-electron chi connectivity index (χ0n) is 8.56. The number of rotatable bonds is 2. The highest BCUT2D eigenvalue weighted by Gasteiger charge is 2.43. The van der Waals surface area contributed by atoms with Gasteiger partial charge in [0.1, 0.15) is 5.82 Å². The largest absolute Gasteiger partial charge is 0.479 e. The van der Waals surface area contributed by atoms with Crippen molar-refractivity contribution in [1.82, 2.24) is 0 Å². The maximum atomic E-state index is 13.0. The second kappa shape index (κ2) is 3.75. The summed E-state index contributed by atoms with van der Waals surface area (Å²) in [4.78, 5) is 12.5. The second-order valence-corrected chi connectivity index (χ2v) is 3.99. The fourth-order valence-electron chi connectivity index (χ4n) is 1.86. The van der Waals surface area contributed by atoms with E-state index in [0.29, 0.717) is 12.2 Å². The molecule has 1 aliphatic rings. The van der Waals surface area contributed by atoms with E-state index in [9.17, 15) is 14.3 Å². The number of carboxylic acid groups (broad SMARTS) is 1. The molecule has 4 nitrogen and oxygen atoms in total. The number of anilines is 1. The number of carbonyl (C=O) groups is 1. The lowest BCUT2D eigenvalue weighted by molar-refractivity contribution is -0.156. The first kappa shape index (κ1) is 10.9. The number of hydrogen-bond donors (Lipinski definition) is 2. The standard InChI is InChI=1S/C11H12FNO3/c12-8-2-1-3-9(6-8)13-5-4-11(16,7-13)10(14)15/h1-3,6,16H,4-5,7H2,(H,14,15). The first-order valence-electron chi connectivity index (χ1n) is 4.97. The zero-order valence-corrected chi connectivity index (χ0v) is 8.56. The van der Waals surface area contributed by atoms with Gasteiger partial charge >= 0.3 is 5.97 Å². The molecule has 0 aromatic heterocycles. The van der Waals surface area contributed by atoms with Gasteiger partial charge in [0.2, 0.25) is 0 Å². The molecule has 1 saturated heterocycles. The van der Waals surface area contributed by atoms with Crippen LogP contribution in [0.15, 0.2) is 24.3 Å². The van der Waals surface area contributed by atoms with Crippen molar-refractivity contribution >= 4 is 11.7 Å². The molecule has 2 N–H and O–H groups in total. The minimum absolute atomic E-state index is 0.00815. The summed E-state index contributed by atoms with van der Waals surface area (Å²) in [6, 6.07) is 5.90. The molecule has 0 amide bonds. The Hall–Kier alpha value is -1.62. The lowest BCUT2D eigenvalue weighted by Gasteiger charge is -2.20. The van der Waals surface area contributed by atoms with Gasteiger partial charge in [-0.25, -0.2) is 9.18 Å². The fraction of sp³-hybridized carbons (Fsp3) is 0.364. The van der Waals surface area contributed by atoms with E-state index in [2.05, 4.69) is 0 Å². The van der Waals surface area contributed by atoms with Crippen LogP contribution in [0.1, 0.15) is 6.42 Å². The molecule has 1 heterocycles. The first-order valence-corrected chi connectivity index (χ1v) is 4.97. The molecule has 1 aromatic rings. The average molecular weight is 225 g/mol. The van der Waals surface area contributed by atoms with Crippen molar-refractivity contribution in [3.05, 3.63) is 30.1 Å². The Morgan fingerprint density at radius 2 is 2.25 bits per heavy atom. The Morgan fingerprint density at radius 1 is 1.50 bits per heavy atom. The van der Waals surface area contributed by atoms with Gasteiger partial charge in [-0.2, -0.15) is 0 Å². The van der Waals surface area contributed by atoms with E-state index >= 15 is 0 Å². The van der Waals surface area contributed by atoms with Crippen LogP contribution in [-0.2, 0) is 4.79 Å². The molecule has 0 aliphatic carbocycles. The number of β-amino-alcohol motifs (C(OH)–C–C–N with tert-alkyl or cyclic N) is 1. The van der Waals surface area contributed by atoms with Crippen molar-refractivity contribution < 1.29 is 19.4 Å². The van der Waals surface area contributed by atoms with Crippen LogP contribution >= 0.6 is 0 Å². The molecule has 16 heavy (non-hydrogen) atoms.